The minimum absolute atomic E-state index is 0.0984. The maximum Gasteiger partial charge on any atom is 0.573 e. The number of carbonyl (C=O) groups is 1. The molecule has 0 bridgehead atoms. The lowest BCUT2D eigenvalue weighted by Gasteiger charge is -2.29. The van der Waals surface area contributed by atoms with Crippen LogP contribution in [0.4, 0.5) is 22.0 Å². The highest BCUT2D eigenvalue weighted by Crippen LogP contribution is 2.41. The molecule has 2 aromatic heterocycles. The van der Waals surface area contributed by atoms with Crippen molar-refractivity contribution in [3.8, 4) is 5.75 Å². The Balaban J connectivity index is 0.000000229. The van der Waals surface area contributed by atoms with Crippen LogP contribution in [0.15, 0.2) is 47.4 Å². The number of hydrogen-bond donors (Lipinski definition) is 2. The lowest BCUT2D eigenvalue weighted by molar-refractivity contribution is -0.274. The largest absolute Gasteiger partial charge is 0.573 e. The molecule has 3 aromatic rings. The number of fused-ring (bicyclic) bond motifs is 1. The number of benzene rings is 1. The number of carbonyl (C=O) groups excluding carboxylic acids is 1. The first-order valence-electron chi connectivity index (χ1n) is 10.1. The van der Waals surface area contributed by atoms with Crippen molar-refractivity contribution in [2.45, 2.75) is 43.9 Å². The van der Waals surface area contributed by atoms with Crippen LogP contribution >= 0.6 is 11.6 Å². The molecule has 2 heterocycles. The molecular weight excluding hydrogens is 485 g/mol. The molecule has 6 nitrogen and oxygen atoms in total. The Bertz CT molecular complexity index is 1250. The first-order valence-corrected chi connectivity index (χ1v) is 10.4. The number of aromatic amines is 1. The summed E-state index contributed by atoms with van der Waals surface area (Å²) in [7, 11) is 0. The van der Waals surface area contributed by atoms with E-state index in [-0.39, 0.29) is 34.7 Å². The number of nitrogens with two attached hydrogens (primary N) is 1. The fraction of sp³-hybridized carbons (Fsp3) is 0.318. The lowest BCUT2D eigenvalue weighted by Crippen LogP contribution is -2.26. The summed E-state index contributed by atoms with van der Waals surface area (Å²) in [5.74, 6) is -4.21. The second-order valence-electron chi connectivity index (χ2n) is 7.69. The second kappa shape index (κ2) is 9.96. The molecule has 1 aliphatic carbocycles. The van der Waals surface area contributed by atoms with E-state index in [4.69, 9.17) is 17.3 Å². The van der Waals surface area contributed by atoms with Gasteiger partial charge in [0, 0.05) is 41.7 Å². The molecule has 12 heteroatoms. The average Bonchev–Trinajstić information content (AvgIpc) is 2.71. The third kappa shape index (κ3) is 6.66. The SMILES string of the molecule is FC(F)(F)Oc1cccc(Cl)c1.NC(=O)c1nccc2[nH]c([C@H]3CCCC(F)(F)C3)cc(=O)c12. The second-order valence-corrected chi connectivity index (χ2v) is 8.13. The molecule has 34 heavy (non-hydrogen) atoms. The summed E-state index contributed by atoms with van der Waals surface area (Å²) < 4.78 is 65.5. The van der Waals surface area contributed by atoms with E-state index in [9.17, 15) is 31.5 Å². The van der Waals surface area contributed by atoms with E-state index < -0.39 is 29.5 Å². The van der Waals surface area contributed by atoms with Crippen LogP contribution in [0.25, 0.3) is 10.9 Å². The summed E-state index contributed by atoms with van der Waals surface area (Å²) in [6.07, 6.45) is -2.67. The fourth-order valence-electron chi connectivity index (χ4n) is 3.73. The number of primary amides is 1. The van der Waals surface area contributed by atoms with Gasteiger partial charge in [-0.2, -0.15) is 0 Å². The Morgan fingerprint density at radius 1 is 1.24 bits per heavy atom. The normalized spacial score (nSPS) is 17.5. The summed E-state index contributed by atoms with van der Waals surface area (Å²) in [6.45, 7) is 0. The number of nitrogens with zero attached hydrogens (tertiary/aromatic N) is 1. The van der Waals surface area contributed by atoms with Gasteiger partial charge in [-0.1, -0.05) is 17.7 Å². The third-order valence-electron chi connectivity index (χ3n) is 5.11. The topological polar surface area (TPSA) is 98.1 Å². The molecule has 1 fully saturated rings. The monoisotopic (exact) mass is 503 g/mol. The molecule has 0 radical (unpaired) electrons. The number of alkyl halides is 5. The van der Waals surface area contributed by atoms with Gasteiger partial charge in [-0.3, -0.25) is 14.6 Å². The van der Waals surface area contributed by atoms with Gasteiger partial charge < -0.3 is 15.5 Å². The number of ether oxygens (including phenoxy) is 1. The van der Waals surface area contributed by atoms with Crippen molar-refractivity contribution >= 4 is 28.4 Å². The first-order chi connectivity index (χ1) is 15.8. The molecule has 0 aliphatic heterocycles. The molecule has 1 aliphatic rings. The van der Waals surface area contributed by atoms with E-state index in [2.05, 4.69) is 14.7 Å². The maximum atomic E-state index is 13.6. The van der Waals surface area contributed by atoms with Crippen molar-refractivity contribution in [3.05, 3.63) is 69.2 Å². The van der Waals surface area contributed by atoms with Gasteiger partial charge in [0.25, 0.3) is 5.91 Å². The zero-order valence-corrected chi connectivity index (χ0v) is 18.2. The van der Waals surface area contributed by atoms with Gasteiger partial charge in [0.15, 0.2) is 5.43 Å². The van der Waals surface area contributed by atoms with Gasteiger partial charge in [-0.15, -0.1) is 13.2 Å². The van der Waals surface area contributed by atoms with Crippen molar-refractivity contribution in [2.24, 2.45) is 5.73 Å². The van der Waals surface area contributed by atoms with E-state index in [1.807, 2.05) is 0 Å². The number of hydrogen-bond acceptors (Lipinski definition) is 4. The van der Waals surface area contributed by atoms with Gasteiger partial charge in [-0.25, -0.2) is 8.78 Å². The summed E-state index contributed by atoms with van der Waals surface area (Å²) in [4.78, 5) is 30.4. The molecule has 1 saturated carbocycles. The van der Waals surface area contributed by atoms with Crippen molar-refractivity contribution in [3.63, 3.8) is 0 Å². The zero-order chi connectivity index (χ0) is 25.1. The minimum Gasteiger partial charge on any atom is -0.406 e. The van der Waals surface area contributed by atoms with Gasteiger partial charge in [0.1, 0.15) is 11.4 Å². The highest BCUT2D eigenvalue weighted by molar-refractivity contribution is 6.30. The predicted molar refractivity (Wildman–Crippen MR) is 115 cm³/mol. The average molecular weight is 504 g/mol. The summed E-state index contributed by atoms with van der Waals surface area (Å²) in [5.41, 5.74) is 5.53. The number of halogens is 6. The van der Waals surface area contributed by atoms with E-state index >= 15 is 0 Å². The quantitative estimate of drug-likeness (QED) is 0.458. The summed E-state index contributed by atoms with van der Waals surface area (Å²) in [6, 6.07) is 7.93. The minimum atomic E-state index is -4.66. The van der Waals surface area contributed by atoms with Crippen LogP contribution in [-0.4, -0.2) is 28.2 Å². The summed E-state index contributed by atoms with van der Waals surface area (Å²) >= 11 is 5.43. The van der Waals surface area contributed by atoms with Crippen molar-refractivity contribution in [2.75, 3.05) is 0 Å². The smallest absolute Gasteiger partial charge is 0.406 e. The predicted octanol–water partition coefficient (Wildman–Crippen LogP) is 5.55. The maximum absolute atomic E-state index is 13.6. The molecule has 182 valence electrons. The van der Waals surface area contributed by atoms with Crippen LogP contribution < -0.4 is 15.9 Å². The molecule has 0 spiro atoms. The van der Waals surface area contributed by atoms with Gasteiger partial charge >= 0.3 is 6.36 Å². The highest BCUT2D eigenvalue weighted by atomic mass is 35.5. The van der Waals surface area contributed by atoms with Gasteiger partial charge in [-0.05, 0) is 37.1 Å². The Kier molecular flexibility index (Phi) is 7.44. The number of aromatic nitrogens is 2. The van der Waals surface area contributed by atoms with Crippen LogP contribution in [0, 0.1) is 0 Å². The summed E-state index contributed by atoms with van der Waals surface area (Å²) in [5, 5.41) is 0.304. The molecule has 0 unspecified atom stereocenters. The molecule has 1 atom stereocenters. The highest BCUT2D eigenvalue weighted by Gasteiger charge is 2.37. The molecule has 1 amide bonds. The van der Waals surface area contributed by atoms with Crippen LogP contribution in [0.1, 0.15) is 47.8 Å². The Hall–Kier alpha value is -3.21. The number of nitrogens with one attached hydrogen (secondary N) is 1. The number of H-pyrrole nitrogens is 1. The standard InChI is InChI=1S/C15H15F2N3O2.C7H4ClF3O/c16-15(17)4-1-2-8(7-15)10-6-11(21)12-9(20-10)3-5-19-13(12)14(18)22;8-5-2-1-3-6(4-5)12-7(9,10)11/h3,5-6,8H,1-2,4,7H2,(H2,18,22)(H,20,21);1-4H/t8-;/m0./s1. The van der Waals surface area contributed by atoms with Crippen LogP contribution in [-0.2, 0) is 0 Å². The lowest BCUT2D eigenvalue weighted by atomic mass is 9.84. The van der Waals surface area contributed by atoms with Crippen LogP contribution in [0.5, 0.6) is 5.75 Å². The third-order valence-corrected chi connectivity index (χ3v) is 5.34. The molecule has 3 N–H and O–H groups in total. The van der Waals surface area contributed by atoms with Crippen LogP contribution in [0.2, 0.25) is 5.02 Å². The van der Waals surface area contributed by atoms with E-state index in [1.54, 1.807) is 0 Å². The zero-order valence-electron chi connectivity index (χ0n) is 17.5. The van der Waals surface area contributed by atoms with E-state index in [0.717, 1.165) is 6.07 Å². The Morgan fingerprint density at radius 3 is 2.59 bits per heavy atom. The molecule has 0 saturated heterocycles. The van der Waals surface area contributed by atoms with Gasteiger partial charge in [0.05, 0.1) is 10.9 Å². The van der Waals surface area contributed by atoms with Gasteiger partial charge in [0.2, 0.25) is 5.92 Å². The Labute approximate surface area is 194 Å². The number of rotatable bonds is 3. The van der Waals surface area contributed by atoms with Crippen molar-refractivity contribution in [1.82, 2.24) is 9.97 Å². The van der Waals surface area contributed by atoms with E-state index in [0.29, 0.717) is 24.1 Å². The first kappa shape index (κ1) is 25.4. The number of pyridine rings is 2. The van der Waals surface area contributed by atoms with E-state index in [1.165, 1.54) is 36.5 Å². The number of amides is 1. The fourth-order valence-corrected chi connectivity index (χ4v) is 3.91. The van der Waals surface area contributed by atoms with Crippen molar-refractivity contribution in [1.29, 1.82) is 0 Å². The Morgan fingerprint density at radius 2 is 1.97 bits per heavy atom. The molecular formula is C22H19ClF5N3O3. The molecule has 1 aromatic carbocycles. The molecule has 4 rings (SSSR count). The van der Waals surface area contributed by atoms with Crippen molar-refractivity contribution < 1.29 is 31.5 Å². The van der Waals surface area contributed by atoms with Crippen LogP contribution in [0.3, 0.4) is 0 Å².